The van der Waals surface area contributed by atoms with Crippen LogP contribution in [0, 0.1) is 5.92 Å². The average Bonchev–Trinajstić information content (AvgIpc) is 2.65. The molecule has 3 atom stereocenters. The van der Waals surface area contributed by atoms with Gasteiger partial charge in [-0.05, 0) is 26.7 Å². The number of hydrogen-bond acceptors (Lipinski definition) is 4. The predicted molar refractivity (Wildman–Crippen MR) is 115 cm³/mol. The van der Waals surface area contributed by atoms with Gasteiger partial charge in [-0.2, -0.15) is 0 Å². The Morgan fingerprint density at radius 1 is 0.750 bits per heavy atom. The molecule has 4 nitrogen and oxygen atoms in total. The molecule has 0 aliphatic heterocycles. The Balaban J connectivity index is 3.74. The smallest absolute Gasteiger partial charge is 0.155 e. The maximum Gasteiger partial charge on any atom is 0.155 e. The molecular weight excluding hydrogens is 352 g/mol. The molecule has 168 valence electrons. The highest BCUT2D eigenvalue weighted by atomic mass is 16.7. The normalized spacial score (nSPS) is 14.7. The van der Waals surface area contributed by atoms with Crippen LogP contribution in [0.2, 0.25) is 0 Å². The second-order valence-corrected chi connectivity index (χ2v) is 8.24. The van der Waals surface area contributed by atoms with E-state index in [0.717, 1.165) is 25.7 Å². The summed E-state index contributed by atoms with van der Waals surface area (Å²) >= 11 is 0. The molecule has 0 radical (unpaired) electrons. The van der Waals surface area contributed by atoms with E-state index in [2.05, 4.69) is 13.8 Å². The number of aliphatic carboxylic acids is 1. The third kappa shape index (κ3) is 16.4. The lowest BCUT2D eigenvalue weighted by molar-refractivity contribution is -0.316. The largest absolute Gasteiger partial charge is 0.550 e. The van der Waals surface area contributed by atoms with Crippen LogP contribution in [-0.4, -0.2) is 25.0 Å². The van der Waals surface area contributed by atoms with Crippen molar-refractivity contribution < 1.29 is 19.4 Å². The second kappa shape index (κ2) is 19.7. The van der Waals surface area contributed by atoms with E-state index >= 15 is 0 Å². The van der Waals surface area contributed by atoms with Crippen LogP contribution in [0.1, 0.15) is 124 Å². The fourth-order valence-corrected chi connectivity index (χ4v) is 3.58. The number of carbonyl (C=O) groups excluding carboxylic acids is 1. The third-order valence-corrected chi connectivity index (χ3v) is 5.49. The van der Waals surface area contributed by atoms with Gasteiger partial charge in [0.15, 0.2) is 6.29 Å². The zero-order chi connectivity index (χ0) is 21.0. The first-order valence-corrected chi connectivity index (χ1v) is 12.0. The standard InChI is InChI=1S/C24H48O4/c1-5-7-9-10-11-12-13-14-15-16-17-18-19-23(24(25)26)21(3)28-22(4)27-20-8-6-2/h21-23H,5-20H2,1-4H3,(H,25,26)/p-1. The zero-order valence-corrected chi connectivity index (χ0v) is 19.2. The van der Waals surface area contributed by atoms with E-state index in [4.69, 9.17) is 9.47 Å². The summed E-state index contributed by atoms with van der Waals surface area (Å²) in [6.07, 6.45) is 17.3. The quantitative estimate of drug-likeness (QED) is 0.175. The van der Waals surface area contributed by atoms with E-state index in [0.29, 0.717) is 13.0 Å². The van der Waals surface area contributed by atoms with Gasteiger partial charge in [0.05, 0.1) is 6.10 Å². The van der Waals surface area contributed by atoms with Gasteiger partial charge < -0.3 is 19.4 Å². The topological polar surface area (TPSA) is 58.6 Å². The van der Waals surface area contributed by atoms with Crippen LogP contribution in [0.3, 0.4) is 0 Å². The summed E-state index contributed by atoms with van der Waals surface area (Å²) in [7, 11) is 0. The summed E-state index contributed by atoms with van der Waals surface area (Å²) in [5.41, 5.74) is 0. The molecule has 0 saturated heterocycles. The molecule has 4 heteroatoms. The Morgan fingerprint density at radius 2 is 1.21 bits per heavy atom. The van der Waals surface area contributed by atoms with Gasteiger partial charge in [0.2, 0.25) is 0 Å². The van der Waals surface area contributed by atoms with Crippen molar-refractivity contribution in [2.24, 2.45) is 5.92 Å². The SMILES string of the molecule is CCCCCCCCCCCCCCC(C(=O)[O-])C(C)OC(C)OCCCC. The number of carbonyl (C=O) groups is 1. The molecule has 28 heavy (non-hydrogen) atoms. The number of hydrogen-bond donors (Lipinski definition) is 0. The van der Waals surface area contributed by atoms with Crippen molar-refractivity contribution in [2.45, 2.75) is 136 Å². The van der Waals surface area contributed by atoms with Crippen LogP contribution in [0.4, 0.5) is 0 Å². The Kier molecular flexibility index (Phi) is 19.3. The van der Waals surface area contributed by atoms with Gasteiger partial charge in [-0.15, -0.1) is 0 Å². The van der Waals surface area contributed by atoms with Crippen molar-refractivity contribution in [2.75, 3.05) is 6.61 Å². The zero-order valence-electron chi connectivity index (χ0n) is 19.2. The molecule has 0 saturated carbocycles. The first-order valence-electron chi connectivity index (χ1n) is 12.0. The van der Waals surface area contributed by atoms with Crippen LogP contribution in [-0.2, 0) is 14.3 Å². The fraction of sp³-hybridized carbons (Fsp3) is 0.958. The monoisotopic (exact) mass is 399 g/mol. The molecule has 0 aliphatic rings. The van der Waals surface area contributed by atoms with Crippen LogP contribution in [0.15, 0.2) is 0 Å². The minimum absolute atomic E-state index is 0.370. The molecule has 0 amide bonds. The highest BCUT2D eigenvalue weighted by molar-refractivity contribution is 5.68. The van der Waals surface area contributed by atoms with Crippen molar-refractivity contribution in [3.8, 4) is 0 Å². The molecule has 0 aromatic carbocycles. The van der Waals surface area contributed by atoms with Crippen LogP contribution < -0.4 is 5.11 Å². The lowest BCUT2D eigenvalue weighted by atomic mass is 9.95. The first-order chi connectivity index (χ1) is 13.5. The van der Waals surface area contributed by atoms with E-state index in [-0.39, 0.29) is 12.4 Å². The minimum atomic E-state index is -1.00. The van der Waals surface area contributed by atoms with Gasteiger partial charge in [-0.25, -0.2) is 0 Å². The Labute approximate surface area is 174 Å². The number of rotatable bonds is 21. The molecule has 0 fully saturated rings. The van der Waals surface area contributed by atoms with Crippen LogP contribution >= 0.6 is 0 Å². The van der Waals surface area contributed by atoms with Gasteiger partial charge in [-0.3, -0.25) is 0 Å². The Bertz CT molecular complexity index is 345. The average molecular weight is 400 g/mol. The van der Waals surface area contributed by atoms with E-state index in [1.807, 2.05) is 13.8 Å². The van der Waals surface area contributed by atoms with Gasteiger partial charge in [0.1, 0.15) is 0 Å². The molecular formula is C24H47O4-. The van der Waals surface area contributed by atoms with Gasteiger partial charge in [0.25, 0.3) is 0 Å². The lowest BCUT2D eigenvalue weighted by Crippen LogP contribution is -2.40. The molecule has 0 aromatic rings. The maximum absolute atomic E-state index is 11.5. The highest BCUT2D eigenvalue weighted by Gasteiger charge is 2.21. The van der Waals surface area contributed by atoms with Gasteiger partial charge in [-0.1, -0.05) is 97.3 Å². The van der Waals surface area contributed by atoms with Crippen molar-refractivity contribution in [1.29, 1.82) is 0 Å². The number of carboxylic acids is 1. The molecule has 0 heterocycles. The Morgan fingerprint density at radius 3 is 1.68 bits per heavy atom. The third-order valence-electron chi connectivity index (χ3n) is 5.49. The van der Waals surface area contributed by atoms with E-state index in [9.17, 15) is 9.90 Å². The Hall–Kier alpha value is -0.610. The number of ether oxygens (including phenoxy) is 2. The summed E-state index contributed by atoms with van der Waals surface area (Å²) < 4.78 is 11.3. The molecule has 0 N–H and O–H groups in total. The van der Waals surface area contributed by atoms with E-state index in [1.54, 1.807) is 0 Å². The number of carboxylic acid groups (broad SMARTS) is 1. The highest BCUT2D eigenvalue weighted by Crippen LogP contribution is 2.19. The summed E-state index contributed by atoms with van der Waals surface area (Å²) in [6.45, 7) is 8.67. The summed E-state index contributed by atoms with van der Waals surface area (Å²) in [5, 5.41) is 11.5. The summed E-state index contributed by atoms with van der Waals surface area (Å²) in [5.74, 6) is -1.56. The number of unbranched alkanes of at least 4 members (excludes halogenated alkanes) is 12. The molecule has 0 spiro atoms. The van der Waals surface area contributed by atoms with Crippen molar-refractivity contribution >= 4 is 5.97 Å². The predicted octanol–water partition coefficient (Wildman–Crippen LogP) is 6.01. The maximum atomic E-state index is 11.5. The van der Waals surface area contributed by atoms with Crippen molar-refractivity contribution in [3.63, 3.8) is 0 Å². The molecule has 0 aliphatic carbocycles. The van der Waals surface area contributed by atoms with Gasteiger partial charge >= 0.3 is 0 Å². The molecule has 3 unspecified atom stereocenters. The molecule has 0 bridgehead atoms. The second-order valence-electron chi connectivity index (χ2n) is 8.24. The van der Waals surface area contributed by atoms with E-state index < -0.39 is 11.9 Å². The first kappa shape index (κ1) is 27.4. The van der Waals surface area contributed by atoms with Crippen molar-refractivity contribution in [1.82, 2.24) is 0 Å². The lowest BCUT2D eigenvalue weighted by Gasteiger charge is -2.28. The van der Waals surface area contributed by atoms with Crippen LogP contribution in [0.5, 0.6) is 0 Å². The van der Waals surface area contributed by atoms with Crippen molar-refractivity contribution in [3.05, 3.63) is 0 Å². The molecule has 0 rings (SSSR count). The summed E-state index contributed by atoms with van der Waals surface area (Å²) in [6, 6.07) is 0. The van der Waals surface area contributed by atoms with E-state index in [1.165, 1.54) is 64.2 Å². The fourth-order valence-electron chi connectivity index (χ4n) is 3.58. The minimum Gasteiger partial charge on any atom is -0.550 e. The molecule has 0 aromatic heterocycles. The van der Waals surface area contributed by atoms with Crippen LogP contribution in [0.25, 0.3) is 0 Å². The summed E-state index contributed by atoms with van der Waals surface area (Å²) in [4.78, 5) is 11.5. The van der Waals surface area contributed by atoms with Gasteiger partial charge in [0, 0.05) is 18.5 Å².